The SMILES string of the molecule is CCN(C)S(=O)(=O)Nc1cccc(C(=O)c2c[nH]c3ncc(-c4ccc(N5CCN(C(=O)CC6(O)CCN(c7ccc(NC8CCC(=O)NC8=O)cc7F)C6)CC5)cc4)cc23)c1F. The van der Waals surface area contributed by atoms with Gasteiger partial charge < -0.3 is 30.1 Å². The van der Waals surface area contributed by atoms with Crippen LogP contribution < -0.4 is 25.2 Å². The molecular formula is C44H47F2N9O7S. The number of hydrogen-bond acceptors (Lipinski definition) is 11. The Morgan fingerprint density at radius 3 is 2.44 bits per heavy atom. The van der Waals surface area contributed by atoms with Crippen molar-refractivity contribution in [3.8, 4) is 11.1 Å². The maximum absolute atomic E-state index is 15.6. The molecule has 5 N–H and O–H groups in total. The van der Waals surface area contributed by atoms with Crippen LogP contribution in [0, 0.1) is 11.6 Å². The molecule has 3 aliphatic heterocycles. The first kappa shape index (κ1) is 43.2. The third-order valence-electron chi connectivity index (χ3n) is 12.0. The molecule has 0 aliphatic carbocycles. The Balaban J connectivity index is 0.860. The second-order valence-electron chi connectivity index (χ2n) is 16.1. The number of piperidine rings is 1. The highest BCUT2D eigenvalue weighted by Gasteiger charge is 2.40. The molecule has 8 rings (SSSR count). The maximum Gasteiger partial charge on any atom is 0.301 e. The highest BCUT2D eigenvalue weighted by Crippen LogP contribution is 2.34. The van der Waals surface area contributed by atoms with Crippen LogP contribution in [0.15, 0.2) is 79.1 Å². The third-order valence-corrected chi connectivity index (χ3v) is 13.5. The molecule has 0 spiro atoms. The van der Waals surface area contributed by atoms with E-state index in [0.29, 0.717) is 67.8 Å². The van der Waals surface area contributed by atoms with Crippen molar-refractivity contribution < 1.29 is 41.5 Å². The lowest BCUT2D eigenvalue weighted by atomic mass is 9.98. The summed E-state index contributed by atoms with van der Waals surface area (Å²) in [5.41, 5.74) is 1.79. The average molecular weight is 884 g/mol. The number of carbonyl (C=O) groups is 4. The molecule has 330 valence electrons. The van der Waals surface area contributed by atoms with E-state index in [9.17, 15) is 32.7 Å². The number of nitrogens with one attached hydrogen (secondary N) is 4. The summed E-state index contributed by atoms with van der Waals surface area (Å²) in [4.78, 5) is 63.8. The van der Waals surface area contributed by atoms with Crippen molar-refractivity contribution in [2.45, 2.75) is 44.2 Å². The minimum atomic E-state index is -4.03. The summed E-state index contributed by atoms with van der Waals surface area (Å²) in [6, 6.07) is 17.4. The molecule has 19 heteroatoms. The van der Waals surface area contributed by atoms with Crippen LogP contribution in [0.4, 0.5) is 31.5 Å². The quantitative estimate of drug-likeness (QED) is 0.0837. The molecule has 3 amide bonds. The Morgan fingerprint density at radius 2 is 1.73 bits per heavy atom. The molecule has 5 aromatic rings. The molecule has 3 fully saturated rings. The van der Waals surface area contributed by atoms with E-state index in [1.54, 1.807) is 41.1 Å². The second kappa shape index (κ2) is 17.4. The number of aromatic amines is 1. The lowest BCUT2D eigenvalue weighted by Gasteiger charge is -2.37. The van der Waals surface area contributed by atoms with Crippen LogP contribution in [0.3, 0.4) is 0 Å². The third kappa shape index (κ3) is 9.07. The predicted octanol–water partition coefficient (Wildman–Crippen LogP) is 4.24. The number of β-amino-alcohol motifs (C(OH)–C–C–N with tert-alkyl or cyclic N) is 1. The summed E-state index contributed by atoms with van der Waals surface area (Å²) in [5, 5.41) is 17.2. The van der Waals surface area contributed by atoms with E-state index in [2.05, 4.69) is 30.2 Å². The Bertz CT molecular complexity index is 2710. The number of pyridine rings is 1. The van der Waals surface area contributed by atoms with Crippen LogP contribution in [-0.4, -0.2) is 121 Å². The van der Waals surface area contributed by atoms with Crippen LogP contribution >= 0.6 is 0 Å². The Labute approximate surface area is 362 Å². The van der Waals surface area contributed by atoms with Gasteiger partial charge in [-0.25, -0.2) is 13.8 Å². The fraction of sp³-hybridized carbons (Fsp3) is 0.341. The van der Waals surface area contributed by atoms with Gasteiger partial charge in [0.2, 0.25) is 17.7 Å². The van der Waals surface area contributed by atoms with Crippen LogP contribution in [-0.2, 0) is 24.6 Å². The van der Waals surface area contributed by atoms with Crippen molar-refractivity contribution >= 4 is 67.5 Å². The van der Waals surface area contributed by atoms with Gasteiger partial charge in [-0.2, -0.15) is 12.7 Å². The van der Waals surface area contributed by atoms with Gasteiger partial charge in [-0.3, -0.25) is 29.2 Å². The molecule has 2 unspecified atom stereocenters. The number of aromatic nitrogens is 2. The van der Waals surface area contributed by atoms with Gasteiger partial charge in [0.25, 0.3) is 0 Å². The van der Waals surface area contributed by atoms with Crippen molar-refractivity contribution in [3.63, 3.8) is 0 Å². The highest BCUT2D eigenvalue weighted by atomic mass is 32.2. The number of anilines is 4. The molecule has 3 aromatic carbocycles. The summed E-state index contributed by atoms with van der Waals surface area (Å²) in [6.07, 6.45) is 3.82. The van der Waals surface area contributed by atoms with Crippen LogP contribution in [0.25, 0.3) is 22.2 Å². The number of carbonyl (C=O) groups excluding carboxylic acids is 4. The number of fused-ring (bicyclic) bond motifs is 1. The van der Waals surface area contributed by atoms with Crippen molar-refractivity contribution in [3.05, 3.63) is 102 Å². The first-order valence-electron chi connectivity index (χ1n) is 20.7. The monoisotopic (exact) mass is 883 g/mol. The molecular weight excluding hydrogens is 837 g/mol. The zero-order valence-electron chi connectivity index (χ0n) is 34.7. The van der Waals surface area contributed by atoms with E-state index in [1.165, 1.54) is 37.5 Å². The first-order valence-corrected chi connectivity index (χ1v) is 22.1. The summed E-state index contributed by atoms with van der Waals surface area (Å²) >= 11 is 0. The molecule has 5 heterocycles. The number of imide groups is 1. The summed E-state index contributed by atoms with van der Waals surface area (Å²) in [5.74, 6) is -3.13. The lowest BCUT2D eigenvalue weighted by Crippen LogP contribution is -2.50. The van der Waals surface area contributed by atoms with Crippen LogP contribution in [0.2, 0.25) is 0 Å². The smallest absolute Gasteiger partial charge is 0.301 e. The minimum Gasteiger partial charge on any atom is -0.387 e. The molecule has 63 heavy (non-hydrogen) atoms. The van der Waals surface area contributed by atoms with Crippen molar-refractivity contribution in [1.29, 1.82) is 0 Å². The standard InChI is InChI=1S/C44H47F2N9O7S/c1-3-52(2)63(61,62)51-35-6-4-5-31(40(35)46)41(58)33-25-48-42-32(33)21-28(24-47-42)27-7-10-30(11-8-27)53-17-19-54(20-18-53)39(57)23-44(60)15-16-55(26-44)37-13-9-29(22-34(37)45)49-36-12-14-38(56)50-43(36)59/h4-11,13,21-22,24-25,36,49,51,60H,3,12,14-20,23,26H2,1-2H3,(H,47,48)(H,50,56,59). The molecule has 3 aliphatic rings. The number of amides is 3. The summed E-state index contributed by atoms with van der Waals surface area (Å²) in [6.45, 7) is 4.29. The first-order chi connectivity index (χ1) is 30.1. The molecule has 0 bridgehead atoms. The fourth-order valence-corrected chi connectivity index (χ4v) is 9.16. The normalized spacial score (nSPS) is 19.5. The van der Waals surface area contributed by atoms with Gasteiger partial charge in [0.05, 0.1) is 29.0 Å². The second-order valence-corrected chi connectivity index (χ2v) is 17.9. The number of halogens is 2. The number of rotatable bonds is 13. The van der Waals surface area contributed by atoms with Gasteiger partial charge in [0.1, 0.15) is 17.5 Å². The number of H-pyrrole nitrogens is 1. The van der Waals surface area contributed by atoms with E-state index < -0.39 is 45.2 Å². The number of ketones is 1. The van der Waals surface area contributed by atoms with Crippen LogP contribution in [0.1, 0.15) is 48.5 Å². The topological polar surface area (TPSA) is 200 Å². The van der Waals surface area contributed by atoms with E-state index in [4.69, 9.17) is 0 Å². The van der Waals surface area contributed by atoms with Gasteiger partial charge in [0.15, 0.2) is 11.6 Å². The number of aliphatic hydroxyl groups is 1. The molecule has 0 saturated carbocycles. The maximum atomic E-state index is 15.6. The Kier molecular flexibility index (Phi) is 11.9. The van der Waals surface area contributed by atoms with Gasteiger partial charge in [-0.05, 0) is 66.9 Å². The molecule has 0 radical (unpaired) electrons. The van der Waals surface area contributed by atoms with E-state index in [0.717, 1.165) is 15.6 Å². The average Bonchev–Trinajstić information content (AvgIpc) is 3.88. The molecule has 3 saturated heterocycles. The van der Waals surface area contributed by atoms with E-state index in [1.807, 2.05) is 24.3 Å². The molecule has 2 atom stereocenters. The summed E-state index contributed by atoms with van der Waals surface area (Å²) < 4.78 is 59.2. The van der Waals surface area contributed by atoms with Gasteiger partial charge >= 0.3 is 10.2 Å². The highest BCUT2D eigenvalue weighted by molar-refractivity contribution is 7.90. The number of benzene rings is 3. The lowest BCUT2D eigenvalue weighted by molar-refractivity contribution is -0.136. The molecule has 16 nitrogen and oxygen atoms in total. The van der Waals surface area contributed by atoms with Crippen molar-refractivity contribution in [2.75, 3.05) is 72.7 Å². The molecule has 2 aromatic heterocycles. The van der Waals surface area contributed by atoms with Gasteiger partial charge in [-0.15, -0.1) is 0 Å². The van der Waals surface area contributed by atoms with E-state index >= 15 is 8.78 Å². The van der Waals surface area contributed by atoms with Crippen LogP contribution in [0.5, 0.6) is 0 Å². The summed E-state index contributed by atoms with van der Waals surface area (Å²) in [7, 11) is -2.67. The zero-order chi connectivity index (χ0) is 44.6. The minimum absolute atomic E-state index is 0.0851. The van der Waals surface area contributed by atoms with Crippen molar-refractivity contribution in [2.24, 2.45) is 0 Å². The zero-order valence-corrected chi connectivity index (χ0v) is 35.5. The van der Waals surface area contributed by atoms with Gasteiger partial charge in [0, 0.05) is 99.6 Å². The number of hydrogen-bond donors (Lipinski definition) is 5. The fourth-order valence-electron chi connectivity index (χ4n) is 8.23. The van der Waals surface area contributed by atoms with Crippen molar-refractivity contribution in [1.82, 2.24) is 24.5 Å². The predicted molar refractivity (Wildman–Crippen MR) is 234 cm³/mol. The Morgan fingerprint density at radius 1 is 0.968 bits per heavy atom. The Hall–Kier alpha value is -6.44. The van der Waals surface area contributed by atoms with E-state index in [-0.39, 0.29) is 60.2 Å². The number of nitrogens with zero attached hydrogens (tertiary/aromatic N) is 5. The largest absolute Gasteiger partial charge is 0.387 e. The van der Waals surface area contributed by atoms with Gasteiger partial charge in [-0.1, -0.05) is 25.1 Å². The number of piperazine rings is 1.